The number of hydrogen-bond donors (Lipinski definition) is 1. The molecule has 0 bridgehead atoms. The molecule has 0 aliphatic heterocycles. The Hall–Kier alpha value is -2.20. The minimum Gasteiger partial charge on any atom is -0.493 e. The average Bonchev–Trinajstić information content (AvgIpc) is 2.82. The molecule has 0 spiro atoms. The molecule has 0 radical (unpaired) electrons. The van der Waals surface area contributed by atoms with Gasteiger partial charge < -0.3 is 9.47 Å². The van der Waals surface area contributed by atoms with E-state index in [1.807, 2.05) is 32.9 Å². The maximum Gasteiger partial charge on any atom is 0.161 e. The number of nitrogens with one attached hydrogen (secondary N) is 1. The molecule has 0 aliphatic rings. The van der Waals surface area contributed by atoms with Gasteiger partial charge in [-0.05, 0) is 67.7 Å². The van der Waals surface area contributed by atoms with E-state index in [-0.39, 0.29) is 11.5 Å². The number of methoxy groups -OCH3 is 2. The summed E-state index contributed by atoms with van der Waals surface area (Å²) in [4.78, 5) is 0. The van der Waals surface area contributed by atoms with Gasteiger partial charge in [0.25, 0.3) is 0 Å². The van der Waals surface area contributed by atoms with Crippen molar-refractivity contribution in [1.82, 2.24) is 4.72 Å². The van der Waals surface area contributed by atoms with Gasteiger partial charge in [-0.25, -0.2) is 8.93 Å². The second-order valence-electron chi connectivity index (χ2n) is 10.6. The normalized spacial score (nSPS) is 14.0. The van der Waals surface area contributed by atoms with E-state index in [0.717, 1.165) is 10.9 Å². The first-order chi connectivity index (χ1) is 16.5. The van der Waals surface area contributed by atoms with Crippen LogP contribution in [-0.4, -0.2) is 23.2 Å². The van der Waals surface area contributed by atoms with E-state index in [1.54, 1.807) is 14.2 Å². The van der Waals surface area contributed by atoms with E-state index >= 15 is 0 Å². The summed E-state index contributed by atoms with van der Waals surface area (Å²) in [5, 5.41) is 3.65. The fraction of sp³-hybridized carbons (Fsp3) is 0.379. The molecule has 6 heteroatoms. The highest BCUT2D eigenvalue weighted by molar-refractivity contribution is 7.84. The molecule has 0 aromatic heterocycles. The van der Waals surface area contributed by atoms with Crippen molar-refractivity contribution in [2.24, 2.45) is 5.41 Å². The summed E-state index contributed by atoms with van der Waals surface area (Å²) in [6.07, 6.45) is 0. The molecule has 3 aromatic carbocycles. The Morgan fingerprint density at radius 2 is 1.23 bits per heavy atom. The van der Waals surface area contributed by atoms with E-state index in [4.69, 9.17) is 9.47 Å². The molecule has 4 nitrogen and oxygen atoms in total. The lowest BCUT2D eigenvalue weighted by molar-refractivity contribution is 0.305. The molecule has 0 saturated carbocycles. The Morgan fingerprint density at radius 3 is 1.63 bits per heavy atom. The first-order valence-electron chi connectivity index (χ1n) is 11.8. The monoisotopic (exact) mass is 511 g/mol. The van der Waals surface area contributed by atoms with E-state index in [2.05, 4.69) is 86.2 Å². The summed E-state index contributed by atoms with van der Waals surface area (Å²) in [6.45, 7) is 12.5. The molecule has 0 saturated heterocycles. The summed E-state index contributed by atoms with van der Waals surface area (Å²) >= 11 is 0. The van der Waals surface area contributed by atoms with Crippen LogP contribution in [0.1, 0.15) is 53.1 Å². The van der Waals surface area contributed by atoms with Crippen molar-refractivity contribution in [3.8, 4) is 11.5 Å². The second-order valence-corrected chi connectivity index (χ2v) is 14.8. The molecule has 2 atom stereocenters. The van der Waals surface area contributed by atoms with Crippen LogP contribution in [0.5, 0.6) is 11.5 Å². The molecular weight excluding hydrogens is 473 g/mol. The quantitative estimate of drug-likeness (QED) is 0.401. The van der Waals surface area contributed by atoms with Gasteiger partial charge in [0, 0.05) is 0 Å². The van der Waals surface area contributed by atoms with Crippen LogP contribution in [0.3, 0.4) is 0 Å². The predicted molar refractivity (Wildman–Crippen MR) is 151 cm³/mol. The third-order valence-corrected chi connectivity index (χ3v) is 9.82. The summed E-state index contributed by atoms with van der Waals surface area (Å²) in [6, 6.07) is 25.2. The number of ether oxygens (including phenoxy) is 2. The van der Waals surface area contributed by atoms with Gasteiger partial charge in [-0.2, -0.15) is 0 Å². The van der Waals surface area contributed by atoms with Crippen molar-refractivity contribution in [2.45, 2.75) is 52.3 Å². The van der Waals surface area contributed by atoms with Crippen molar-refractivity contribution in [3.05, 3.63) is 78.4 Å². The lowest BCUT2D eigenvalue weighted by Crippen LogP contribution is -2.42. The molecule has 188 valence electrons. The summed E-state index contributed by atoms with van der Waals surface area (Å²) in [7, 11) is 1.16. The lowest BCUT2D eigenvalue weighted by Gasteiger charge is -2.36. The summed E-state index contributed by atoms with van der Waals surface area (Å²) in [5.41, 5.74) is 0.857. The van der Waals surface area contributed by atoms with Gasteiger partial charge in [-0.15, -0.1) is 0 Å². The largest absolute Gasteiger partial charge is 0.493 e. The number of hydrogen-bond acceptors (Lipinski definition) is 3. The van der Waals surface area contributed by atoms with Crippen LogP contribution >= 0.6 is 7.92 Å². The minimum atomic E-state index is -1.26. The van der Waals surface area contributed by atoms with Crippen LogP contribution in [0, 0.1) is 5.41 Å². The Kier molecular flexibility index (Phi) is 8.80. The first kappa shape index (κ1) is 27.4. The first-order valence-corrected chi connectivity index (χ1v) is 14.3. The molecule has 1 unspecified atom stereocenters. The van der Waals surface area contributed by atoms with Crippen molar-refractivity contribution < 1.29 is 13.7 Å². The fourth-order valence-corrected chi connectivity index (χ4v) is 7.42. The third-order valence-electron chi connectivity index (χ3n) is 5.76. The zero-order chi connectivity index (χ0) is 25.8. The standard InChI is InChI=1S/C29H38NO3PS/c1-28(2,3)27(30-35(31)29(4,5)6)23-19-24(32-7)25(33-8)20-26(23)34(21-15-11-9-12-16-21)22-17-13-10-14-18-22/h9-20,27,30H,1-8H3/t27-,35?/m0/s1. The average molecular weight is 512 g/mol. The van der Waals surface area contributed by atoms with Crippen LogP contribution in [0.4, 0.5) is 0 Å². The van der Waals surface area contributed by atoms with Gasteiger partial charge in [0.15, 0.2) is 11.5 Å². The van der Waals surface area contributed by atoms with Crippen molar-refractivity contribution in [3.63, 3.8) is 0 Å². The third kappa shape index (κ3) is 6.52. The smallest absolute Gasteiger partial charge is 0.161 e. The Bertz CT molecular complexity index is 1100. The van der Waals surface area contributed by atoms with E-state index in [1.165, 1.54) is 10.6 Å². The van der Waals surface area contributed by atoms with Gasteiger partial charge in [0.05, 0.1) is 36.0 Å². The fourth-order valence-electron chi connectivity index (χ4n) is 3.88. The van der Waals surface area contributed by atoms with E-state index < -0.39 is 23.7 Å². The van der Waals surface area contributed by atoms with Crippen LogP contribution in [0.2, 0.25) is 0 Å². The van der Waals surface area contributed by atoms with E-state index in [9.17, 15) is 4.21 Å². The van der Waals surface area contributed by atoms with Crippen LogP contribution in [-0.2, 0) is 11.0 Å². The van der Waals surface area contributed by atoms with Gasteiger partial charge in [0.2, 0.25) is 0 Å². The van der Waals surface area contributed by atoms with Crippen LogP contribution < -0.4 is 30.1 Å². The minimum absolute atomic E-state index is 0.185. The highest BCUT2D eigenvalue weighted by Crippen LogP contribution is 2.44. The highest BCUT2D eigenvalue weighted by Gasteiger charge is 2.35. The Labute approximate surface area is 214 Å². The molecule has 3 rings (SSSR count). The lowest BCUT2D eigenvalue weighted by atomic mass is 9.83. The maximum absolute atomic E-state index is 13.3. The van der Waals surface area contributed by atoms with Crippen molar-refractivity contribution in [1.29, 1.82) is 0 Å². The molecule has 0 heterocycles. The van der Waals surface area contributed by atoms with Gasteiger partial charge in [-0.3, -0.25) is 0 Å². The topological polar surface area (TPSA) is 47.6 Å². The zero-order valence-corrected chi connectivity index (χ0v) is 23.8. The van der Waals surface area contributed by atoms with Crippen LogP contribution in [0.25, 0.3) is 0 Å². The highest BCUT2D eigenvalue weighted by atomic mass is 32.2. The van der Waals surface area contributed by atoms with Crippen molar-refractivity contribution >= 4 is 34.8 Å². The number of benzene rings is 3. The van der Waals surface area contributed by atoms with Crippen LogP contribution in [0.15, 0.2) is 72.8 Å². The zero-order valence-electron chi connectivity index (χ0n) is 22.1. The molecule has 0 fully saturated rings. The number of rotatable bonds is 8. The summed E-state index contributed by atoms with van der Waals surface area (Å²) < 4.78 is 27.9. The Morgan fingerprint density at radius 1 is 0.771 bits per heavy atom. The molecule has 35 heavy (non-hydrogen) atoms. The van der Waals surface area contributed by atoms with Gasteiger partial charge >= 0.3 is 0 Å². The molecule has 1 N–H and O–H groups in total. The summed E-state index contributed by atoms with van der Waals surface area (Å²) in [5.74, 6) is 1.36. The molecule has 0 aliphatic carbocycles. The predicted octanol–water partition coefficient (Wildman–Crippen LogP) is 5.60. The molecular formula is C29H38NO3PS. The second kappa shape index (κ2) is 11.2. The van der Waals surface area contributed by atoms with E-state index in [0.29, 0.717) is 11.5 Å². The molecule has 0 amide bonds. The Balaban J connectivity index is 2.34. The van der Waals surface area contributed by atoms with Crippen molar-refractivity contribution in [2.75, 3.05) is 14.2 Å². The van der Waals surface area contributed by atoms with Gasteiger partial charge in [-0.1, -0.05) is 81.4 Å². The molecule has 3 aromatic rings. The maximum atomic E-state index is 13.3. The van der Waals surface area contributed by atoms with Gasteiger partial charge in [0.1, 0.15) is 0 Å². The SMILES string of the molecule is COc1cc([C@H](NS(=O)C(C)(C)C)C(C)(C)C)c(P(c2ccccc2)c2ccccc2)cc1OC.